The number of rotatable bonds is 5. The molecule has 1 aromatic heterocycles. The first kappa shape index (κ1) is 16.2. The number of piperidine rings is 1. The van der Waals surface area contributed by atoms with Gasteiger partial charge < -0.3 is 9.64 Å². The largest absolute Gasteiger partial charge is 0.377 e. The molecular formula is C18H22ClN3O. The molecule has 1 saturated heterocycles. The minimum atomic E-state index is 0.381. The van der Waals surface area contributed by atoms with Gasteiger partial charge in [0.05, 0.1) is 0 Å². The number of aromatic nitrogens is 2. The zero-order chi connectivity index (χ0) is 16.1. The van der Waals surface area contributed by atoms with Crippen LogP contribution in [0.1, 0.15) is 36.2 Å². The van der Waals surface area contributed by atoms with E-state index >= 15 is 0 Å². The maximum absolute atomic E-state index is 6.51. The number of ether oxygens (including phenoxy) is 1. The van der Waals surface area contributed by atoms with Crippen molar-refractivity contribution in [3.05, 3.63) is 52.4 Å². The van der Waals surface area contributed by atoms with Crippen molar-refractivity contribution in [1.82, 2.24) is 9.97 Å². The van der Waals surface area contributed by atoms with Gasteiger partial charge in [0.15, 0.2) is 5.82 Å². The summed E-state index contributed by atoms with van der Waals surface area (Å²) in [5.74, 6) is 1.62. The molecule has 1 fully saturated rings. The second-order valence-corrected chi connectivity index (χ2v) is 6.23. The SMILES string of the molecule is COCc1nc(Cl)c(Cc2ccccc2)c(N2CCCCC2)n1. The fourth-order valence-electron chi connectivity index (χ4n) is 3.00. The fraction of sp³-hybridized carbons (Fsp3) is 0.444. The Hall–Kier alpha value is -1.65. The molecule has 0 bridgehead atoms. The predicted octanol–water partition coefficient (Wildman–Crippen LogP) is 3.86. The molecule has 0 atom stereocenters. The second-order valence-electron chi connectivity index (χ2n) is 5.88. The molecule has 3 rings (SSSR count). The van der Waals surface area contributed by atoms with E-state index in [2.05, 4.69) is 22.0 Å². The number of halogens is 1. The zero-order valence-corrected chi connectivity index (χ0v) is 14.2. The van der Waals surface area contributed by atoms with E-state index in [-0.39, 0.29) is 0 Å². The summed E-state index contributed by atoms with van der Waals surface area (Å²) in [5.41, 5.74) is 2.23. The number of methoxy groups -OCH3 is 1. The van der Waals surface area contributed by atoms with Crippen LogP contribution in [0.2, 0.25) is 5.15 Å². The third kappa shape index (κ3) is 4.01. The third-order valence-electron chi connectivity index (χ3n) is 4.13. The number of benzene rings is 1. The monoisotopic (exact) mass is 331 g/mol. The van der Waals surface area contributed by atoms with Crippen LogP contribution >= 0.6 is 11.6 Å². The van der Waals surface area contributed by atoms with Crippen molar-refractivity contribution in [2.24, 2.45) is 0 Å². The van der Waals surface area contributed by atoms with Crippen LogP contribution in [0.5, 0.6) is 0 Å². The van der Waals surface area contributed by atoms with Crippen LogP contribution in [0.4, 0.5) is 5.82 Å². The Bertz CT molecular complexity index is 642. The van der Waals surface area contributed by atoms with E-state index in [4.69, 9.17) is 21.3 Å². The molecule has 0 saturated carbocycles. The highest BCUT2D eigenvalue weighted by Crippen LogP contribution is 2.29. The number of hydrogen-bond donors (Lipinski definition) is 0. The maximum atomic E-state index is 6.51. The Morgan fingerprint density at radius 2 is 1.83 bits per heavy atom. The smallest absolute Gasteiger partial charge is 0.158 e. The Labute approximate surface area is 142 Å². The van der Waals surface area contributed by atoms with E-state index in [0.29, 0.717) is 17.6 Å². The van der Waals surface area contributed by atoms with E-state index in [1.807, 2.05) is 18.2 Å². The van der Waals surface area contributed by atoms with Crippen molar-refractivity contribution in [3.8, 4) is 0 Å². The van der Waals surface area contributed by atoms with Crippen molar-refractivity contribution in [3.63, 3.8) is 0 Å². The molecule has 1 aliphatic heterocycles. The lowest BCUT2D eigenvalue weighted by atomic mass is 10.0. The Morgan fingerprint density at radius 1 is 1.09 bits per heavy atom. The second kappa shape index (κ2) is 7.75. The summed E-state index contributed by atoms with van der Waals surface area (Å²) in [4.78, 5) is 11.5. The van der Waals surface area contributed by atoms with Gasteiger partial charge in [0.1, 0.15) is 17.6 Å². The van der Waals surface area contributed by atoms with Gasteiger partial charge >= 0.3 is 0 Å². The molecule has 1 aliphatic rings. The Morgan fingerprint density at radius 3 is 2.52 bits per heavy atom. The van der Waals surface area contributed by atoms with Crippen LogP contribution in [0.25, 0.3) is 0 Å². The first-order valence-electron chi connectivity index (χ1n) is 8.11. The van der Waals surface area contributed by atoms with E-state index < -0.39 is 0 Å². The summed E-state index contributed by atoms with van der Waals surface area (Å²) in [7, 11) is 1.65. The van der Waals surface area contributed by atoms with Gasteiger partial charge in [0.2, 0.25) is 0 Å². The molecule has 122 valence electrons. The summed E-state index contributed by atoms with van der Waals surface area (Å²) in [5, 5.41) is 0.538. The Balaban J connectivity index is 1.97. The van der Waals surface area contributed by atoms with E-state index in [9.17, 15) is 0 Å². The van der Waals surface area contributed by atoms with Crippen LogP contribution in [0, 0.1) is 0 Å². The van der Waals surface area contributed by atoms with E-state index in [1.54, 1.807) is 7.11 Å². The molecule has 2 aromatic rings. The van der Waals surface area contributed by atoms with Gasteiger partial charge in [-0.1, -0.05) is 41.9 Å². The first-order chi connectivity index (χ1) is 11.3. The third-order valence-corrected chi connectivity index (χ3v) is 4.45. The maximum Gasteiger partial charge on any atom is 0.158 e. The molecule has 0 radical (unpaired) electrons. The van der Waals surface area contributed by atoms with Crippen molar-refractivity contribution in [1.29, 1.82) is 0 Å². The summed E-state index contributed by atoms with van der Waals surface area (Å²) in [6, 6.07) is 10.3. The number of anilines is 1. The van der Waals surface area contributed by atoms with Gasteiger partial charge in [0, 0.05) is 32.2 Å². The lowest BCUT2D eigenvalue weighted by molar-refractivity contribution is 0.177. The number of hydrogen-bond acceptors (Lipinski definition) is 4. The quantitative estimate of drug-likeness (QED) is 0.780. The van der Waals surface area contributed by atoms with Crippen molar-refractivity contribution >= 4 is 17.4 Å². The lowest BCUT2D eigenvalue weighted by Crippen LogP contribution is -2.31. The highest BCUT2D eigenvalue weighted by atomic mass is 35.5. The van der Waals surface area contributed by atoms with Gasteiger partial charge in [-0.2, -0.15) is 0 Å². The predicted molar refractivity (Wildman–Crippen MR) is 93.1 cm³/mol. The van der Waals surface area contributed by atoms with Crippen LogP contribution < -0.4 is 4.90 Å². The molecule has 2 heterocycles. The minimum absolute atomic E-state index is 0.381. The normalized spacial score (nSPS) is 15.0. The van der Waals surface area contributed by atoms with Crippen molar-refractivity contribution in [2.75, 3.05) is 25.1 Å². The van der Waals surface area contributed by atoms with Gasteiger partial charge in [-0.3, -0.25) is 0 Å². The van der Waals surface area contributed by atoms with Crippen LogP contribution in [0.3, 0.4) is 0 Å². The van der Waals surface area contributed by atoms with E-state index in [0.717, 1.165) is 30.9 Å². The topological polar surface area (TPSA) is 38.2 Å². The molecule has 0 amide bonds. The van der Waals surface area contributed by atoms with Gasteiger partial charge in [-0.05, 0) is 24.8 Å². The fourth-order valence-corrected chi connectivity index (χ4v) is 3.25. The zero-order valence-electron chi connectivity index (χ0n) is 13.5. The molecule has 23 heavy (non-hydrogen) atoms. The molecule has 0 N–H and O–H groups in total. The van der Waals surface area contributed by atoms with Crippen LogP contribution in [-0.4, -0.2) is 30.2 Å². The summed E-state index contributed by atoms with van der Waals surface area (Å²) in [6.07, 6.45) is 4.44. The molecule has 4 nitrogen and oxygen atoms in total. The number of nitrogens with zero attached hydrogens (tertiary/aromatic N) is 3. The van der Waals surface area contributed by atoms with Crippen molar-refractivity contribution in [2.45, 2.75) is 32.3 Å². The van der Waals surface area contributed by atoms with Gasteiger partial charge in [0.25, 0.3) is 0 Å². The molecule has 0 unspecified atom stereocenters. The lowest BCUT2D eigenvalue weighted by Gasteiger charge is -2.30. The van der Waals surface area contributed by atoms with E-state index in [1.165, 1.54) is 24.8 Å². The highest BCUT2D eigenvalue weighted by molar-refractivity contribution is 6.30. The highest BCUT2D eigenvalue weighted by Gasteiger charge is 2.20. The molecule has 0 spiro atoms. The standard InChI is InChI=1S/C18H22ClN3O/c1-23-13-16-20-17(19)15(12-14-8-4-2-5-9-14)18(21-16)22-10-6-3-7-11-22/h2,4-5,8-9H,3,6-7,10-13H2,1H3. The summed E-state index contributed by atoms with van der Waals surface area (Å²) in [6.45, 7) is 2.44. The Kier molecular flexibility index (Phi) is 5.47. The van der Waals surface area contributed by atoms with Crippen LogP contribution in [-0.2, 0) is 17.8 Å². The molecule has 5 heteroatoms. The molecule has 0 aliphatic carbocycles. The van der Waals surface area contributed by atoms with Gasteiger partial charge in [-0.25, -0.2) is 9.97 Å². The molecular weight excluding hydrogens is 310 g/mol. The minimum Gasteiger partial charge on any atom is -0.377 e. The first-order valence-corrected chi connectivity index (χ1v) is 8.49. The average molecular weight is 332 g/mol. The van der Waals surface area contributed by atoms with Crippen LogP contribution in [0.15, 0.2) is 30.3 Å². The average Bonchev–Trinajstić information content (AvgIpc) is 2.59. The summed E-state index contributed by atoms with van der Waals surface area (Å²) < 4.78 is 5.18. The molecule has 1 aromatic carbocycles. The van der Waals surface area contributed by atoms with Crippen molar-refractivity contribution < 1.29 is 4.74 Å². The summed E-state index contributed by atoms with van der Waals surface area (Å²) >= 11 is 6.51. The van der Waals surface area contributed by atoms with Gasteiger partial charge in [-0.15, -0.1) is 0 Å².